The van der Waals surface area contributed by atoms with E-state index >= 15 is 0 Å². The Balaban J connectivity index is 1.61. The predicted molar refractivity (Wildman–Crippen MR) is 141 cm³/mol. The van der Waals surface area contributed by atoms with E-state index in [4.69, 9.17) is 0 Å². The van der Waals surface area contributed by atoms with E-state index in [9.17, 15) is 0 Å². The van der Waals surface area contributed by atoms with E-state index in [-0.39, 0.29) is 18.2 Å². The van der Waals surface area contributed by atoms with E-state index in [0.717, 1.165) is 6.54 Å². The molecule has 0 aliphatic carbocycles. The minimum absolute atomic E-state index is 0.179. The molecule has 4 aromatic carbocycles. The van der Waals surface area contributed by atoms with E-state index in [1.807, 2.05) is 0 Å². The van der Waals surface area contributed by atoms with Crippen LogP contribution in [0.3, 0.4) is 0 Å². The van der Waals surface area contributed by atoms with Gasteiger partial charge in [0.15, 0.2) is 0 Å². The van der Waals surface area contributed by atoms with Crippen LogP contribution in [0.2, 0.25) is 0 Å². The molecule has 2 aliphatic rings. The number of nitrogens with zero attached hydrogens (tertiary/aromatic N) is 2. The molecule has 6 rings (SSSR count). The van der Waals surface area contributed by atoms with Crippen molar-refractivity contribution < 1.29 is 0 Å². The number of hydrogen-bond acceptors (Lipinski definition) is 3. The topological polar surface area (TPSA) is 18.5 Å². The molecule has 2 heterocycles. The molecule has 0 radical (unpaired) electrons. The van der Waals surface area contributed by atoms with Gasteiger partial charge >= 0.3 is 0 Å². The van der Waals surface area contributed by atoms with Gasteiger partial charge in [-0.2, -0.15) is 0 Å². The van der Waals surface area contributed by atoms with Crippen molar-refractivity contribution in [2.45, 2.75) is 37.1 Å². The van der Waals surface area contributed by atoms with Crippen LogP contribution in [0.1, 0.15) is 36.1 Å². The average molecular weight is 446 g/mol. The molecule has 1 N–H and O–H groups in total. The molecule has 3 atom stereocenters. The quantitative estimate of drug-likeness (QED) is 0.375. The molecule has 34 heavy (non-hydrogen) atoms. The summed E-state index contributed by atoms with van der Waals surface area (Å²) >= 11 is 0. The molecule has 0 unspecified atom stereocenters. The Morgan fingerprint density at radius 3 is 1.32 bits per heavy atom. The van der Waals surface area contributed by atoms with Gasteiger partial charge in [0.05, 0.1) is 12.1 Å². The molecule has 3 nitrogen and oxygen atoms in total. The fourth-order valence-corrected chi connectivity index (χ4v) is 5.93. The average Bonchev–Trinajstić information content (AvgIpc) is 3.57. The van der Waals surface area contributed by atoms with Crippen LogP contribution in [0.25, 0.3) is 0 Å². The Kier molecular flexibility index (Phi) is 5.78. The van der Waals surface area contributed by atoms with Gasteiger partial charge in [-0.25, -0.2) is 0 Å². The monoisotopic (exact) mass is 445 g/mol. The normalized spacial score (nSPS) is 22.9. The standard InChI is InChI=1S/C31H31N3/c1-5-14-24(15-6-1)29-30(25-16-7-2-8-17-25)34(27-20-11-4-12-21-27)31(28-22-13-23-32-28)33(29)26-18-9-3-10-19-26/h1-12,14-21,28-32H,13,22-23H2/t28-,29-,30-/m0/s1. The zero-order valence-corrected chi connectivity index (χ0v) is 19.4. The maximum Gasteiger partial charge on any atom is 0.118 e. The first kappa shape index (κ1) is 21.0. The van der Waals surface area contributed by atoms with E-state index < -0.39 is 0 Å². The number of rotatable bonds is 5. The fraction of sp³-hybridized carbons (Fsp3) is 0.226. The summed E-state index contributed by atoms with van der Waals surface area (Å²) in [7, 11) is 0. The lowest BCUT2D eigenvalue weighted by Gasteiger charge is -2.38. The Labute approximate surface area is 202 Å². The van der Waals surface area contributed by atoms with Crippen LogP contribution in [0, 0.1) is 0 Å². The molecule has 0 bridgehead atoms. The van der Waals surface area contributed by atoms with Gasteiger partial charge in [0.1, 0.15) is 6.17 Å². The maximum absolute atomic E-state index is 3.86. The number of nitrogens with one attached hydrogen (secondary N) is 1. The first-order valence-corrected chi connectivity index (χ1v) is 12.4. The van der Waals surface area contributed by atoms with Crippen molar-refractivity contribution in [2.24, 2.45) is 0 Å². The van der Waals surface area contributed by atoms with Crippen LogP contribution in [-0.2, 0) is 0 Å². The van der Waals surface area contributed by atoms with Crippen molar-refractivity contribution in [2.75, 3.05) is 16.3 Å². The van der Waals surface area contributed by atoms with Crippen LogP contribution in [0.15, 0.2) is 121 Å². The smallest absolute Gasteiger partial charge is 0.118 e. The van der Waals surface area contributed by atoms with Gasteiger partial charge in [-0.3, -0.25) is 0 Å². The van der Waals surface area contributed by atoms with E-state index in [1.54, 1.807) is 0 Å². The summed E-state index contributed by atoms with van der Waals surface area (Å²) in [4.78, 5) is 5.37. The first-order valence-electron chi connectivity index (χ1n) is 12.4. The minimum Gasteiger partial charge on any atom is -0.340 e. The molecule has 0 amide bonds. The summed E-state index contributed by atoms with van der Waals surface area (Å²) in [6.45, 7) is 1.08. The van der Waals surface area contributed by atoms with Crippen molar-refractivity contribution >= 4 is 11.4 Å². The highest BCUT2D eigenvalue weighted by molar-refractivity contribution is 5.63. The zero-order chi connectivity index (χ0) is 22.7. The third-order valence-electron chi connectivity index (χ3n) is 7.32. The number of anilines is 2. The lowest BCUT2D eigenvalue weighted by molar-refractivity contribution is 0.473. The summed E-state index contributed by atoms with van der Waals surface area (Å²) in [6.07, 6.45) is 2.60. The second kappa shape index (κ2) is 9.36. The maximum atomic E-state index is 3.86. The molecule has 2 aliphatic heterocycles. The van der Waals surface area contributed by atoms with Crippen molar-refractivity contribution in [3.63, 3.8) is 0 Å². The van der Waals surface area contributed by atoms with Crippen LogP contribution in [0.4, 0.5) is 11.4 Å². The summed E-state index contributed by atoms with van der Waals surface area (Å²) < 4.78 is 0. The zero-order valence-electron chi connectivity index (χ0n) is 19.4. The molecule has 0 aromatic heterocycles. The van der Waals surface area contributed by atoms with Gasteiger partial charge in [-0.1, -0.05) is 97.1 Å². The summed E-state index contributed by atoms with van der Waals surface area (Å²) in [5.41, 5.74) is 5.24. The van der Waals surface area contributed by atoms with Crippen molar-refractivity contribution in [1.82, 2.24) is 5.32 Å². The van der Waals surface area contributed by atoms with Gasteiger partial charge in [0, 0.05) is 17.4 Å². The van der Waals surface area contributed by atoms with Gasteiger partial charge in [0.25, 0.3) is 0 Å². The van der Waals surface area contributed by atoms with Crippen LogP contribution in [0.5, 0.6) is 0 Å². The number of hydrogen-bond donors (Lipinski definition) is 1. The van der Waals surface area contributed by atoms with Crippen molar-refractivity contribution in [1.29, 1.82) is 0 Å². The Bertz CT molecular complexity index is 1090. The summed E-state index contributed by atoms with van der Waals surface area (Å²) in [5.74, 6) is 0. The minimum atomic E-state index is 0.179. The molecule has 0 spiro atoms. The largest absolute Gasteiger partial charge is 0.340 e. The molecular weight excluding hydrogens is 414 g/mol. The van der Waals surface area contributed by atoms with Gasteiger partial charge in [0.2, 0.25) is 0 Å². The van der Waals surface area contributed by atoms with E-state index in [2.05, 4.69) is 136 Å². The molecular formula is C31H31N3. The van der Waals surface area contributed by atoms with E-state index in [1.165, 1.54) is 35.3 Å². The van der Waals surface area contributed by atoms with Crippen LogP contribution < -0.4 is 15.1 Å². The van der Waals surface area contributed by atoms with Crippen LogP contribution in [-0.4, -0.2) is 18.8 Å². The SMILES string of the molecule is c1ccc([C@H]2[C@H](c3ccccc3)N(c3ccccc3)C([C@@H]3CCCN3)N2c2ccccc2)cc1. The van der Waals surface area contributed by atoms with Crippen molar-refractivity contribution in [3.05, 3.63) is 132 Å². The third kappa shape index (κ3) is 3.76. The molecule has 0 saturated carbocycles. The van der Waals surface area contributed by atoms with E-state index in [0.29, 0.717) is 6.04 Å². The Morgan fingerprint density at radius 2 is 0.941 bits per heavy atom. The molecule has 3 heteroatoms. The number of para-hydroxylation sites is 2. The molecule has 170 valence electrons. The molecule has 4 aromatic rings. The second-order valence-corrected chi connectivity index (χ2v) is 9.31. The second-order valence-electron chi connectivity index (χ2n) is 9.31. The Hall–Kier alpha value is -3.56. The highest BCUT2D eigenvalue weighted by Crippen LogP contribution is 2.52. The van der Waals surface area contributed by atoms with Crippen molar-refractivity contribution in [3.8, 4) is 0 Å². The van der Waals surface area contributed by atoms with Gasteiger partial charge < -0.3 is 15.1 Å². The van der Waals surface area contributed by atoms with Gasteiger partial charge in [-0.15, -0.1) is 0 Å². The Morgan fingerprint density at radius 1 is 0.529 bits per heavy atom. The van der Waals surface area contributed by atoms with Gasteiger partial charge in [-0.05, 0) is 54.8 Å². The summed E-state index contributed by atoms with van der Waals surface area (Å²) in [5, 5.41) is 3.86. The first-order chi connectivity index (χ1) is 16.9. The fourth-order valence-electron chi connectivity index (χ4n) is 5.93. The molecule has 2 saturated heterocycles. The number of benzene rings is 4. The molecule has 2 fully saturated rings. The highest BCUT2D eigenvalue weighted by Gasteiger charge is 2.51. The summed E-state index contributed by atoms with van der Waals surface area (Å²) in [6, 6.07) is 44.9. The third-order valence-corrected chi connectivity index (χ3v) is 7.32. The lowest BCUT2D eigenvalue weighted by Crippen LogP contribution is -2.52. The lowest BCUT2D eigenvalue weighted by atomic mass is 9.92. The highest BCUT2D eigenvalue weighted by atomic mass is 15.5. The van der Waals surface area contributed by atoms with Crippen LogP contribution >= 0.6 is 0 Å². The predicted octanol–water partition coefficient (Wildman–Crippen LogP) is 6.57.